The lowest BCUT2D eigenvalue weighted by Gasteiger charge is -2.23. The van der Waals surface area contributed by atoms with Crippen LogP contribution in [-0.4, -0.2) is 25.1 Å². The Labute approximate surface area is 190 Å². The number of rotatable bonds is 12. The molecule has 0 aliphatic carbocycles. The van der Waals surface area contributed by atoms with Crippen LogP contribution in [0.15, 0.2) is 58.3 Å². The normalized spacial score (nSPS) is 10.5. The summed E-state index contributed by atoms with van der Waals surface area (Å²) in [6, 6.07) is 15.5. The Kier molecular flexibility index (Phi) is 11.0. The van der Waals surface area contributed by atoms with Crippen LogP contribution in [0.2, 0.25) is 0 Å². The van der Waals surface area contributed by atoms with Crippen molar-refractivity contribution in [2.75, 3.05) is 18.0 Å². The summed E-state index contributed by atoms with van der Waals surface area (Å²) in [5, 5.41) is 3.02. The van der Waals surface area contributed by atoms with Gasteiger partial charge in [0.25, 0.3) is 0 Å². The molecule has 6 heteroatoms. The van der Waals surface area contributed by atoms with Crippen molar-refractivity contribution in [3.8, 4) is 5.75 Å². The smallest absolute Gasteiger partial charge is 0.321 e. The Morgan fingerprint density at radius 3 is 2.35 bits per heavy atom. The fourth-order valence-electron chi connectivity index (χ4n) is 2.95. The van der Waals surface area contributed by atoms with Gasteiger partial charge in [0.15, 0.2) is 0 Å². The zero-order valence-corrected chi connectivity index (χ0v) is 19.7. The van der Waals surface area contributed by atoms with E-state index < -0.39 is 0 Å². The minimum absolute atomic E-state index is 0.0381. The molecule has 0 saturated heterocycles. The predicted molar refractivity (Wildman–Crippen MR) is 128 cm³/mol. The average Bonchev–Trinajstić information content (AvgIpc) is 2.76. The number of hydrogen-bond acceptors (Lipinski definition) is 4. The summed E-state index contributed by atoms with van der Waals surface area (Å²) < 4.78 is 5.38. The van der Waals surface area contributed by atoms with Gasteiger partial charge in [0.2, 0.25) is 0 Å². The van der Waals surface area contributed by atoms with Gasteiger partial charge in [0.05, 0.1) is 0 Å². The van der Waals surface area contributed by atoms with Gasteiger partial charge < -0.3 is 10.1 Å². The van der Waals surface area contributed by atoms with E-state index in [0.717, 1.165) is 47.6 Å². The van der Waals surface area contributed by atoms with Crippen molar-refractivity contribution in [2.24, 2.45) is 0 Å². The van der Waals surface area contributed by atoms with E-state index in [9.17, 15) is 9.59 Å². The lowest BCUT2D eigenvalue weighted by atomic mass is 10.2. The SMILES string of the molecule is CCCCNC(=O)N(CCCC)c1ccc(Sc2cccc(OC(=O)CCC)c2)cc1. The van der Waals surface area contributed by atoms with Crippen LogP contribution in [-0.2, 0) is 4.79 Å². The van der Waals surface area contributed by atoms with E-state index in [0.29, 0.717) is 25.3 Å². The van der Waals surface area contributed by atoms with Crippen LogP contribution in [0.4, 0.5) is 10.5 Å². The third kappa shape index (κ3) is 8.66. The van der Waals surface area contributed by atoms with E-state index in [4.69, 9.17) is 4.74 Å². The third-order valence-electron chi connectivity index (χ3n) is 4.66. The minimum atomic E-state index is -0.210. The second-order valence-electron chi connectivity index (χ2n) is 7.39. The molecule has 0 heterocycles. The highest BCUT2D eigenvalue weighted by atomic mass is 32.2. The van der Waals surface area contributed by atoms with E-state index in [2.05, 4.69) is 19.2 Å². The van der Waals surface area contributed by atoms with Crippen LogP contribution >= 0.6 is 11.8 Å². The first-order valence-corrected chi connectivity index (χ1v) is 12.0. The van der Waals surface area contributed by atoms with Crippen molar-refractivity contribution >= 4 is 29.4 Å². The van der Waals surface area contributed by atoms with Crippen LogP contribution in [0, 0.1) is 0 Å². The van der Waals surface area contributed by atoms with Gasteiger partial charge in [-0.25, -0.2) is 4.79 Å². The number of carbonyl (C=O) groups is 2. The molecule has 0 fully saturated rings. The highest BCUT2D eigenvalue weighted by molar-refractivity contribution is 7.99. The second-order valence-corrected chi connectivity index (χ2v) is 8.53. The van der Waals surface area contributed by atoms with Crippen molar-refractivity contribution in [1.29, 1.82) is 0 Å². The number of nitrogens with zero attached hydrogens (tertiary/aromatic N) is 1. The molecule has 2 amide bonds. The first-order valence-electron chi connectivity index (χ1n) is 11.2. The average molecular weight is 443 g/mol. The van der Waals surface area contributed by atoms with E-state index in [1.54, 1.807) is 17.8 Å². The molecule has 5 nitrogen and oxygen atoms in total. The Hall–Kier alpha value is -2.47. The maximum Gasteiger partial charge on any atom is 0.321 e. The zero-order valence-electron chi connectivity index (χ0n) is 18.9. The lowest BCUT2D eigenvalue weighted by Crippen LogP contribution is -2.41. The van der Waals surface area contributed by atoms with Crippen molar-refractivity contribution in [2.45, 2.75) is 69.1 Å². The topological polar surface area (TPSA) is 58.6 Å². The molecular formula is C25H34N2O3S. The molecule has 0 aliphatic heterocycles. The molecule has 0 atom stereocenters. The number of urea groups is 1. The number of anilines is 1. The Bertz CT molecular complexity index is 824. The molecule has 0 unspecified atom stereocenters. The predicted octanol–water partition coefficient (Wildman–Crippen LogP) is 6.66. The molecule has 2 aromatic rings. The Balaban J connectivity index is 2.05. The largest absolute Gasteiger partial charge is 0.426 e. The maximum absolute atomic E-state index is 12.6. The van der Waals surface area contributed by atoms with Crippen LogP contribution in [0.25, 0.3) is 0 Å². The summed E-state index contributed by atoms with van der Waals surface area (Å²) in [7, 11) is 0. The fraction of sp³-hybridized carbons (Fsp3) is 0.440. The van der Waals surface area contributed by atoms with Crippen LogP contribution < -0.4 is 15.0 Å². The van der Waals surface area contributed by atoms with Crippen molar-refractivity contribution in [3.05, 3.63) is 48.5 Å². The molecule has 2 aromatic carbocycles. The zero-order chi connectivity index (χ0) is 22.5. The van der Waals surface area contributed by atoms with Crippen LogP contribution in [0.3, 0.4) is 0 Å². The number of benzene rings is 2. The van der Waals surface area contributed by atoms with E-state index >= 15 is 0 Å². The number of ether oxygens (including phenoxy) is 1. The molecular weight excluding hydrogens is 408 g/mol. The van der Waals surface area contributed by atoms with Gasteiger partial charge in [-0.2, -0.15) is 0 Å². The molecule has 168 valence electrons. The van der Waals surface area contributed by atoms with Crippen molar-refractivity contribution in [1.82, 2.24) is 5.32 Å². The number of unbranched alkanes of at least 4 members (excludes halogenated alkanes) is 2. The second kappa shape index (κ2) is 13.8. The van der Waals surface area contributed by atoms with Crippen LogP contribution in [0.1, 0.15) is 59.3 Å². The summed E-state index contributed by atoms with van der Waals surface area (Å²) in [6.45, 7) is 7.59. The fourth-order valence-corrected chi connectivity index (χ4v) is 3.82. The van der Waals surface area contributed by atoms with E-state index in [1.165, 1.54) is 0 Å². The van der Waals surface area contributed by atoms with Gasteiger partial charge in [0.1, 0.15) is 5.75 Å². The summed E-state index contributed by atoms with van der Waals surface area (Å²) in [5.74, 6) is 0.355. The number of carbonyl (C=O) groups excluding carboxylic acids is 2. The standard InChI is InChI=1S/C25H34N2O3S/c1-4-7-17-26-25(29)27(18-8-5-2)20-13-15-22(16-14-20)31-23-12-9-11-21(19-23)30-24(28)10-6-3/h9,11-16,19H,4-8,10,17-18H2,1-3H3,(H,26,29). The van der Waals surface area contributed by atoms with Gasteiger partial charge in [-0.1, -0.05) is 51.4 Å². The van der Waals surface area contributed by atoms with Gasteiger partial charge >= 0.3 is 12.0 Å². The molecule has 0 saturated carbocycles. The van der Waals surface area contributed by atoms with E-state index in [-0.39, 0.29) is 12.0 Å². The molecule has 0 radical (unpaired) electrons. The summed E-state index contributed by atoms with van der Waals surface area (Å²) in [6.07, 6.45) is 5.22. The molecule has 0 bridgehead atoms. The summed E-state index contributed by atoms with van der Waals surface area (Å²) in [4.78, 5) is 28.2. The van der Waals surface area contributed by atoms with Gasteiger partial charge in [-0.15, -0.1) is 0 Å². The van der Waals surface area contributed by atoms with Gasteiger partial charge in [0, 0.05) is 35.0 Å². The molecule has 0 aliphatic rings. The van der Waals surface area contributed by atoms with E-state index in [1.807, 2.05) is 54.3 Å². The summed E-state index contributed by atoms with van der Waals surface area (Å²) >= 11 is 1.60. The number of nitrogens with one attached hydrogen (secondary N) is 1. The third-order valence-corrected chi connectivity index (χ3v) is 5.66. The van der Waals surface area contributed by atoms with Crippen molar-refractivity contribution in [3.63, 3.8) is 0 Å². The maximum atomic E-state index is 12.6. The summed E-state index contributed by atoms with van der Waals surface area (Å²) in [5.41, 5.74) is 0.897. The quantitative estimate of drug-likeness (QED) is 0.227. The number of hydrogen-bond donors (Lipinski definition) is 1. The highest BCUT2D eigenvalue weighted by Crippen LogP contribution is 2.31. The van der Waals surface area contributed by atoms with Crippen LogP contribution in [0.5, 0.6) is 5.75 Å². The first-order chi connectivity index (χ1) is 15.1. The number of esters is 1. The highest BCUT2D eigenvalue weighted by Gasteiger charge is 2.15. The monoisotopic (exact) mass is 442 g/mol. The molecule has 1 N–H and O–H groups in total. The van der Waals surface area contributed by atoms with Gasteiger partial charge in [-0.3, -0.25) is 9.69 Å². The van der Waals surface area contributed by atoms with Crippen molar-refractivity contribution < 1.29 is 14.3 Å². The minimum Gasteiger partial charge on any atom is -0.426 e. The lowest BCUT2D eigenvalue weighted by molar-refractivity contribution is -0.134. The first kappa shape index (κ1) is 24.8. The number of amides is 2. The molecule has 2 rings (SSSR count). The Morgan fingerprint density at radius 2 is 1.68 bits per heavy atom. The molecule has 0 spiro atoms. The molecule has 31 heavy (non-hydrogen) atoms. The molecule has 0 aromatic heterocycles. The Morgan fingerprint density at radius 1 is 0.935 bits per heavy atom. The van der Waals surface area contributed by atoms with Gasteiger partial charge in [-0.05, 0) is 61.7 Å².